The van der Waals surface area contributed by atoms with Crippen LogP contribution in [0, 0.1) is 11.8 Å². The number of hydrogen-bond acceptors (Lipinski definition) is 3. The molecule has 0 amide bonds. The van der Waals surface area contributed by atoms with E-state index < -0.39 is 0 Å². The molecule has 3 nitrogen and oxygen atoms in total. The van der Waals surface area contributed by atoms with Crippen molar-refractivity contribution in [1.29, 1.82) is 0 Å². The van der Waals surface area contributed by atoms with Gasteiger partial charge in [0.1, 0.15) is 12.1 Å². The lowest BCUT2D eigenvalue weighted by molar-refractivity contribution is 0.268. The van der Waals surface area contributed by atoms with Crippen LogP contribution in [0.5, 0.6) is 0 Å². The summed E-state index contributed by atoms with van der Waals surface area (Å²) < 4.78 is 0. The maximum absolute atomic E-state index is 4.48. The average Bonchev–Trinajstić information content (AvgIpc) is 2.46. The summed E-state index contributed by atoms with van der Waals surface area (Å²) in [5, 5.41) is 3.62. The zero-order valence-corrected chi connectivity index (χ0v) is 12.0. The van der Waals surface area contributed by atoms with Crippen LogP contribution in [0.4, 0.5) is 5.82 Å². The minimum absolute atomic E-state index is 0.822. The molecular formula is C16H25N3. The van der Waals surface area contributed by atoms with Gasteiger partial charge in [-0.15, -0.1) is 0 Å². The molecule has 1 saturated carbocycles. The van der Waals surface area contributed by atoms with Gasteiger partial charge in [-0.05, 0) is 43.9 Å². The standard InChI is InChI=1S/C16H25N3/c1-12-6-2-3-7-13(12)10-17-16-14-8-4-5-9-15(14)18-11-19-16/h11-13H,2-10H2,1H3,(H,17,18,19). The predicted molar refractivity (Wildman–Crippen MR) is 78.3 cm³/mol. The molecule has 3 heteroatoms. The smallest absolute Gasteiger partial charge is 0.132 e. The highest BCUT2D eigenvalue weighted by Gasteiger charge is 2.22. The van der Waals surface area contributed by atoms with Crippen LogP contribution < -0.4 is 5.32 Å². The number of nitrogens with zero attached hydrogens (tertiary/aromatic N) is 2. The van der Waals surface area contributed by atoms with Crippen LogP contribution >= 0.6 is 0 Å². The van der Waals surface area contributed by atoms with Crippen molar-refractivity contribution < 1.29 is 0 Å². The summed E-state index contributed by atoms with van der Waals surface area (Å²) in [5.74, 6) is 2.80. The Bertz CT molecular complexity index is 430. The molecule has 1 aromatic heterocycles. The summed E-state index contributed by atoms with van der Waals surface area (Å²) in [5.41, 5.74) is 2.66. The number of anilines is 1. The fourth-order valence-corrected chi connectivity index (χ4v) is 3.60. The zero-order chi connectivity index (χ0) is 13.1. The lowest BCUT2D eigenvalue weighted by Gasteiger charge is -2.29. The summed E-state index contributed by atoms with van der Waals surface area (Å²) in [6, 6.07) is 0. The summed E-state index contributed by atoms with van der Waals surface area (Å²) >= 11 is 0. The fourth-order valence-electron chi connectivity index (χ4n) is 3.60. The van der Waals surface area contributed by atoms with E-state index in [4.69, 9.17) is 0 Å². The first-order chi connectivity index (χ1) is 9.34. The van der Waals surface area contributed by atoms with Gasteiger partial charge in [-0.1, -0.05) is 26.2 Å². The minimum atomic E-state index is 0.822. The average molecular weight is 259 g/mol. The van der Waals surface area contributed by atoms with E-state index in [0.717, 1.165) is 37.0 Å². The van der Waals surface area contributed by atoms with Gasteiger partial charge >= 0.3 is 0 Å². The number of aryl methyl sites for hydroxylation is 1. The van der Waals surface area contributed by atoms with E-state index in [0.29, 0.717) is 0 Å². The molecule has 0 spiro atoms. The number of rotatable bonds is 3. The molecule has 3 rings (SSSR count). The third kappa shape index (κ3) is 2.90. The molecule has 0 radical (unpaired) electrons. The molecule has 19 heavy (non-hydrogen) atoms. The highest BCUT2D eigenvalue weighted by atomic mass is 15.0. The quantitative estimate of drug-likeness (QED) is 0.901. The SMILES string of the molecule is CC1CCCCC1CNc1ncnc2c1CCCC2. The Labute approximate surface area is 116 Å². The normalized spacial score (nSPS) is 26.8. The monoisotopic (exact) mass is 259 g/mol. The first-order valence-corrected chi connectivity index (χ1v) is 7.91. The molecule has 0 aromatic carbocycles. The van der Waals surface area contributed by atoms with E-state index in [2.05, 4.69) is 22.2 Å². The first-order valence-electron chi connectivity index (χ1n) is 7.91. The Kier molecular flexibility index (Phi) is 4.00. The molecule has 1 N–H and O–H groups in total. The van der Waals surface area contributed by atoms with Crippen LogP contribution in [0.15, 0.2) is 6.33 Å². The van der Waals surface area contributed by atoms with Crippen LogP contribution in [-0.4, -0.2) is 16.5 Å². The lowest BCUT2D eigenvalue weighted by atomic mass is 9.80. The molecule has 2 atom stereocenters. The van der Waals surface area contributed by atoms with E-state index in [1.165, 1.54) is 49.8 Å². The van der Waals surface area contributed by atoms with Gasteiger partial charge in [-0.3, -0.25) is 0 Å². The van der Waals surface area contributed by atoms with Crippen LogP contribution in [0.2, 0.25) is 0 Å². The summed E-state index contributed by atoms with van der Waals surface area (Å²) in [4.78, 5) is 8.92. The number of nitrogens with one attached hydrogen (secondary N) is 1. The van der Waals surface area contributed by atoms with Crippen molar-refractivity contribution in [2.45, 2.75) is 58.3 Å². The van der Waals surface area contributed by atoms with Gasteiger partial charge in [0.2, 0.25) is 0 Å². The molecule has 0 saturated heterocycles. The van der Waals surface area contributed by atoms with E-state index >= 15 is 0 Å². The summed E-state index contributed by atoms with van der Waals surface area (Å²) in [7, 11) is 0. The van der Waals surface area contributed by atoms with Gasteiger partial charge < -0.3 is 5.32 Å². The van der Waals surface area contributed by atoms with Crippen molar-refractivity contribution in [3.63, 3.8) is 0 Å². The van der Waals surface area contributed by atoms with E-state index in [-0.39, 0.29) is 0 Å². The Hall–Kier alpha value is -1.12. The third-order valence-electron chi connectivity index (χ3n) is 4.95. The van der Waals surface area contributed by atoms with E-state index in [1.807, 2.05) is 0 Å². The molecule has 1 heterocycles. The van der Waals surface area contributed by atoms with Crippen LogP contribution in [-0.2, 0) is 12.8 Å². The van der Waals surface area contributed by atoms with Gasteiger partial charge in [-0.25, -0.2) is 9.97 Å². The third-order valence-corrected chi connectivity index (χ3v) is 4.95. The van der Waals surface area contributed by atoms with Crippen LogP contribution in [0.3, 0.4) is 0 Å². The van der Waals surface area contributed by atoms with Crippen LogP contribution in [0.25, 0.3) is 0 Å². The molecular weight excluding hydrogens is 234 g/mol. The van der Waals surface area contributed by atoms with Gasteiger partial charge in [0.05, 0.1) is 0 Å². The lowest BCUT2D eigenvalue weighted by Crippen LogP contribution is -2.25. The van der Waals surface area contributed by atoms with Crippen molar-refractivity contribution in [3.8, 4) is 0 Å². The molecule has 0 aliphatic heterocycles. The van der Waals surface area contributed by atoms with Crippen molar-refractivity contribution in [1.82, 2.24) is 9.97 Å². The first kappa shape index (κ1) is 12.9. The summed E-state index contributed by atoms with van der Waals surface area (Å²) in [6.45, 7) is 3.49. The van der Waals surface area contributed by atoms with Gasteiger partial charge in [0.25, 0.3) is 0 Å². The molecule has 2 aliphatic rings. The highest BCUT2D eigenvalue weighted by Crippen LogP contribution is 2.30. The highest BCUT2D eigenvalue weighted by molar-refractivity contribution is 5.46. The van der Waals surface area contributed by atoms with Crippen molar-refractivity contribution in [3.05, 3.63) is 17.6 Å². The predicted octanol–water partition coefficient (Wildman–Crippen LogP) is 3.59. The number of aromatic nitrogens is 2. The zero-order valence-electron chi connectivity index (χ0n) is 12.0. The fraction of sp³-hybridized carbons (Fsp3) is 0.750. The van der Waals surface area contributed by atoms with Gasteiger partial charge in [-0.2, -0.15) is 0 Å². The summed E-state index contributed by atoms with van der Waals surface area (Å²) in [6.07, 6.45) is 12.2. The van der Waals surface area contributed by atoms with Crippen molar-refractivity contribution in [2.75, 3.05) is 11.9 Å². The largest absolute Gasteiger partial charge is 0.369 e. The van der Waals surface area contributed by atoms with Crippen LogP contribution in [0.1, 0.15) is 56.7 Å². The second kappa shape index (κ2) is 5.89. The van der Waals surface area contributed by atoms with Gasteiger partial charge in [0, 0.05) is 17.8 Å². The molecule has 2 aliphatic carbocycles. The maximum atomic E-state index is 4.48. The minimum Gasteiger partial charge on any atom is -0.369 e. The molecule has 1 fully saturated rings. The Morgan fingerprint density at radius 2 is 1.95 bits per heavy atom. The number of fused-ring (bicyclic) bond motifs is 1. The Morgan fingerprint density at radius 1 is 1.11 bits per heavy atom. The molecule has 1 aromatic rings. The Balaban J connectivity index is 1.66. The molecule has 2 unspecified atom stereocenters. The second-order valence-corrected chi connectivity index (χ2v) is 6.26. The molecule has 0 bridgehead atoms. The van der Waals surface area contributed by atoms with Crippen molar-refractivity contribution >= 4 is 5.82 Å². The molecule has 104 valence electrons. The van der Waals surface area contributed by atoms with E-state index in [9.17, 15) is 0 Å². The Morgan fingerprint density at radius 3 is 2.84 bits per heavy atom. The topological polar surface area (TPSA) is 37.8 Å². The number of hydrogen-bond donors (Lipinski definition) is 1. The van der Waals surface area contributed by atoms with Crippen molar-refractivity contribution in [2.24, 2.45) is 11.8 Å². The second-order valence-electron chi connectivity index (χ2n) is 6.26. The van der Waals surface area contributed by atoms with Gasteiger partial charge in [0.15, 0.2) is 0 Å². The van der Waals surface area contributed by atoms with E-state index in [1.54, 1.807) is 6.33 Å². The maximum Gasteiger partial charge on any atom is 0.132 e.